The molecule has 0 aromatic heterocycles. The van der Waals surface area contributed by atoms with E-state index in [9.17, 15) is 4.79 Å². The number of carbonyl (C=O) groups excluding carboxylic acids is 1. The van der Waals surface area contributed by atoms with Crippen molar-refractivity contribution in [2.45, 2.75) is 13.8 Å². The molecule has 0 bridgehead atoms. The van der Waals surface area contributed by atoms with Crippen molar-refractivity contribution in [3.05, 3.63) is 41.1 Å². The molecule has 0 N–H and O–H groups in total. The highest BCUT2D eigenvalue weighted by molar-refractivity contribution is 6.60. The molecule has 13 heavy (non-hydrogen) atoms. The van der Waals surface area contributed by atoms with Crippen LogP contribution in [0.3, 0.4) is 0 Å². The molecule has 0 saturated heterocycles. The molecule has 0 aliphatic heterocycles. The van der Waals surface area contributed by atoms with Gasteiger partial charge in [0.2, 0.25) is 0 Å². The Bertz CT molecular complexity index is 311. The molecule has 0 radical (unpaired) electrons. The fourth-order valence-electron chi connectivity index (χ4n) is 1.14. The van der Waals surface area contributed by atoms with Gasteiger partial charge in [-0.05, 0) is 13.8 Å². The largest absolute Gasteiger partial charge is 0.298 e. The van der Waals surface area contributed by atoms with Crippen molar-refractivity contribution in [2.24, 2.45) is 0 Å². The predicted molar refractivity (Wildman–Crippen MR) is 59.4 cm³/mol. The lowest BCUT2D eigenvalue weighted by molar-refractivity contribution is 0.112. The average molecular weight is 190 g/mol. The smallest absolute Gasteiger partial charge is 0.150 e. The van der Waals surface area contributed by atoms with Crippen molar-refractivity contribution in [3.63, 3.8) is 0 Å². The van der Waals surface area contributed by atoms with Gasteiger partial charge in [0.15, 0.2) is 0 Å². The summed E-state index contributed by atoms with van der Waals surface area (Å²) >= 11 is 0. The molecule has 0 unspecified atom stereocenters. The van der Waals surface area contributed by atoms with E-state index in [2.05, 4.69) is 32.1 Å². The molecule has 0 aliphatic rings. The van der Waals surface area contributed by atoms with Crippen LogP contribution in [0.25, 0.3) is 0 Å². The molecule has 0 atom stereocenters. The zero-order chi connectivity index (χ0) is 9.68. The van der Waals surface area contributed by atoms with E-state index < -0.39 is 0 Å². The second-order valence-electron chi connectivity index (χ2n) is 3.17. The Morgan fingerprint density at radius 2 is 1.92 bits per heavy atom. The van der Waals surface area contributed by atoms with Gasteiger partial charge >= 0.3 is 0 Å². The van der Waals surface area contributed by atoms with Gasteiger partial charge in [-0.15, -0.1) is 0 Å². The van der Waals surface area contributed by atoms with E-state index >= 15 is 0 Å². The second kappa shape index (κ2) is 4.77. The Morgan fingerprint density at radius 1 is 1.31 bits per heavy atom. The fraction of sp³-hybridized carbons (Fsp3) is 0.182. The van der Waals surface area contributed by atoms with Crippen molar-refractivity contribution in [2.75, 3.05) is 0 Å². The molecule has 1 aromatic rings. The van der Waals surface area contributed by atoms with E-state index in [0.29, 0.717) is 0 Å². The van der Waals surface area contributed by atoms with Crippen molar-refractivity contribution < 1.29 is 4.79 Å². The van der Waals surface area contributed by atoms with Crippen LogP contribution >= 0.6 is 0 Å². The normalized spacial score (nSPS) is 12.3. The van der Waals surface area contributed by atoms with E-state index in [1.54, 1.807) is 0 Å². The molecule has 1 nitrogen and oxygen atoms in total. The van der Waals surface area contributed by atoms with Crippen molar-refractivity contribution in [1.29, 1.82) is 0 Å². The molecule has 0 saturated carbocycles. The van der Waals surface area contributed by atoms with Crippen LogP contribution in [-0.2, 0) is 0 Å². The molecule has 2 heteroatoms. The van der Waals surface area contributed by atoms with Crippen LogP contribution < -0.4 is 5.19 Å². The Labute approximate surface area is 81.3 Å². The average Bonchev–Trinajstić information content (AvgIpc) is 2.19. The number of hydrogen-bond acceptors (Lipinski definition) is 1. The first-order valence-electron chi connectivity index (χ1n) is 4.42. The number of benzene rings is 1. The van der Waals surface area contributed by atoms with E-state index in [0.717, 1.165) is 11.8 Å². The van der Waals surface area contributed by atoms with Crippen molar-refractivity contribution in [3.8, 4) is 0 Å². The van der Waals surface area contributed by atoms with Crippen LogP contribution in [-0.4, -0.2) is 15.8 Å². The predicted octanol–water partition coefficient (Wildman–Crippen LogP) is 1.22. The third kappa shape index (κ3) is 2.99. The molecule has 0 heterocycles. The van der Waals surface area contributed by atoms with E-state index in [-0.39, 0.29) is 9.52 Å². The number of aldehydes is 1. The van der Waals surface area contributed by atoms with Gasteiger partial charge < -0.3 is 0 Å². The Balaban J connectivity index is 2.75. The number of rotatable bonds is 3. The van der Waals surface area contributed by atoms with Gasteiger partial charge in [0.1, 0.15) is 6.29 Å². The third-order valence-electron chi connectivity index (χ3n) is 2.09. The Hall–Kier alpha value is -1.15. The fourth-order valence-corrected chi connectivity index (χ4v) is 2.46. The SMILES string of the molecule is C/C=C(\C)[SiH2]c1ccc(C=O)cc1. The maximum absolute atomic E-state index is 10.4. The minimum atomic E-state index is -0.266. The highest BCUT2D eigenvalue weighted by Gasteiger charge is 1.95. The molecule has 68 valence electrons. The highest BCUT2D eigenvalue weighted by atomic mass is 28.2. The van der Waals surface area contributed by atoms with Crippen LogP contribution in [0.2, 0.25) is 0 Å². The lowest BCUT2D eigenvalue weighted by atomic mass is 10.2. The molecular weight excluding hydrogens is 176 g/mol. The summed E-state index contributed by atoms with van der Waals surface area (Å²) in [6.45, 7) is 4.24. The Morgan fingerprint density at radius 3 is 2.38 bits per heavy atom. The summed E-state index contributed by atoms with van der Waals surface area (Å²) in [6, 6.07) is 7.89. The van der Waals surface area contributed by atoms with E-state index in [4.69, 9.17) is 0 Å². The van der Waals surface area contributed by atoms with Crippen LogP contribution in [0.15, 0.2) is 35.5 Å². The standard InChI is InChI=1S/C11H14OSi/c1-3-9(2)13-11-6-4-10(8-12)5-7-11/h3-8H,13H2,1-2H3/b9-3+. The second-order valence-corrected chi connectivity index (χ2v) is 5.46. The molecule has 1 aromatic carbocycles. The summed E-state index contributed by atoms with van der Waals surface area (Å²) in [5.74, 6) is 0. The number of allylic oxidation sites excluding steroid dienone is 2. The molecule has 1 rings (SSSR count). The summed E-state index contributed by atoms with van der Waals surface area (Å²) in [5.41, 5.74) is 0.760. The third-order valence-corrected chi connectivity index (χ3v) is 3.94. The summed E-state index contributed by atoms with van der Waals surface area (Å²) in [5, 5.41) is 2.88. The topological polar surface area (TPSA) is 17.1 Å². The van der Waals surface area contributed by atoms with Gasteiger partial charge in [-0.25, -0.2) is 0 Å². The van der Waals surface area contributed by atoms with Crippen LogP contribution in [0.4, 0.5) is 0 Å². The van der Waals surface area contributed by atoms with E-state index in [1.807, 2.05) is 12.1 Å². The minimum Gasteiger partial charge on any atom is -0.298 e. The lowest BCUT2D eigenvalue weighted by Crippen LogP contribution is -2.14. The summed E-state index contributed by atoms with van der Waals surface area (Å²) in [7, 11) is -0.266. The van der Waals surface area contributed by atoms with Crippen molar-refractivity contribution >= 4 is 21.0 Å². The molecule has 0 amide bonds. The van der Waals surface area contributed by atoms with Crippen molar-refractivity contribution in [1.82, 2.24) is 0 Å². The maximum atomic E-state index is 10.4. The first kappa shape index (κ1) is 9.93. The van der Waals surface area contributed by atoms with Gasteiger partial charge in [0, 0.05) is 5.56 Å². The zero-order valence-corrected chi connectivity index (χ0v) is 9.49. The van der Waals surface area contributed by atoms with Crippen LogP contribution in [0, 0.1) is 0 Å². The van der Waals surface area contributed by atoms with Gasteiger partial charge in [-0.1, -0.05) is 40.7 Å². The van der Waals surface area contributed by atoms with Crippen LogP contribution in [0.1, 0.15) is 24.2 Å². The van der Waals surface area contributed by atoms with Crippen LogP contribution in [0.5, 0.6) is 0 Å². The maximum Gasteiger partial charge on any atom is 0.150 e. The number of hydrogen-bond donors (Lipinski definition) is 0. The monoisotopic (exact) mass is 190 g/mol. The molecule has 0 fully saturated rings. The van der Waals surface area contributed by atoms with Gasteiger partial charge in [0.25, 0.3) is 0 Å². The Kier molecular flexibility index (Phi) is 3.64. The van der Waals surface area contributed by atoms with Gasteiger partial charge in [-0.3, -0.25) is 4.79 Å². The molecular formula is C11H14OSi. The summed E-state index contributed by atoms with van der Waals surface area (Å²) in [6.07, 6.45) is 3.05. The first-order valence-corrected chi connectivity index (χ1v) is 5.83. The molecule has 0 spiro atoms. The zero-order valence-electron chi connectivity index (χ0n) is 8.08. The number of carbonyl (C=O) groups is 1. The minimum absolute atomic E-state index is 0.266. The first-order chi connectivity index (χ1) is 6.26. The summed E-state index contributed by atoms with van der Waals surface area (Å²) in [4.78, 5) is 10.4. The van der Waals surface area contributed by atoms with Gasteiger partial charge in [0.05, 0.1) is 9.52 Å². The lowest BCUT2D eigenvalue weighted by Gasteiger charge is -1.99. The van der Waals surface area contributed by atoms with Gasteiger partial charge in [-0.2, -0.15) is 0 Å². The summed E-state index contributed by atoms with van der Waals surface area (Å²) < 4.78 is 0. The highest BCUT2D eigenvalue weighted by Crippen LogP contribution is 1.94. The van der Waals surface area contributed by atoms with E-state index in [1.165, 1.54) is 10.4 Å². The quantitative estimate of drug-likeness (QED) is 0.517. The molecule has 0 aliphatic carbocycles.